The molecule has 1 aliphatic heterocycles. The van der Waals surface area contributed by atoms with Gasteiger partial charge < -0.3 is 14.5 Å². The summed E-state index contributed by atoms with van der Waals surface area (Å²) in [5, 5.41) is 0.943. The summed E-state index contributed by atoms with van der Waals surface area (Å²) < 4.78 is 5.01. The largest absolute Gasteiger partial charge is 0.450 e. The molecule has 1 aliphatic rings. The smallest absolute Gasteiger partial charge is 0.409 e. The Hall–Kier alpha value is -2.41. The first-order valence-corrected chi connectivity index (χ1v) is 9.61. The number of hydrogen-bond donors (Lipinski definition) is 0. The van der Waals surface area contributed by atoms with Gasteiger partial charge in [0.15, 0.2) is 0 Å². The molecular formula is C19H23N3O3S. The molecular weight excluding hydrogens is 350 g/mol. The molecule has 0 saturated carbocycles. The molecule has 0 aliphatic carbocycles. The van der Waals surface area contributed by atoms with Gasteiger partial charge in [-0.3, -0.25) is 4.79 Å². The van der Waals surface area contributed by atoms with Gasteiger partial charge in [-0.25, -0.2) is 9.78 Å². The zero-order valence-electron chi connectivity index (χ0n) is 15.1. The Balaban J connectivity index is 1.59. The van der Waals surface area contributed by atoms with E-state index in [0.29, 0.717) is 39.2 Å². The van der Waals surface area contributed by atoms with Crippen molar-refractivity contribution in [3.63, 3.8) is 0 Å². The van der Waals surface area contributed by atoms with Crippen LogP contribution in [0.25, 0.3) is 10.6 Å². The molecule has 0 atom stereocenters. The maximum atomic E-state index is 12.6. The number of hydrogen-bond acceptors (Lipinski definition) is 5. The molecule has 138 valence electrons. The van der Waals surface area contributed by atoms with Crippen LogP contribution in [0.2, 0.25) is 0 Å². The summed E-state index contributed by atoms with van der Waals surface area (Å²) in [5.74, 6) is 0.0832. The average molecular weight is 373 g/mol. The maximum absolute atomic E-state index is 12.6. The first-order valence-electron chi connectivity index (χ1n) is 8.79. The third kappa shape index (κ3) is 4.22. The Kier molecular flexibility index (Phi) is 5.88. The van der Waals surface area contributed by atoms with E-state index in [1.54, 1.807) is 23.2 Å². The number of aromatic nitrogens is 1. The Morgan fingerprint density at radius 3 is 2.42 bits per heavy atom. The molecule has 0 spiro atoms. The zero-order chi connectivity index (χ0) is 18.5. The summed E-state index contributed by atoms with van der Waals surface area (Å²) in [6.45, 7) is 6.22. The number of carbonyl (C=O) groups is 2. The van der Waals surface area contributed by atoms with Crippen LogP contribution in [0.4, 0.5) is 4.79 Å². The number of nitrogens with zero attached hydrogens (tertiary/aromatic N) is 3. The van der Waals surface area contributed by atoms with Crippen LogP contribution in [0.5, 0.6) is 0 Å². The molecule has 2 amide bonds. The number of carbonyl (C=O) groups excluding carboxylic acids is 2. The van der Waals surface area contributed by atoms with E-state index in [1.807, 2.05) is 42.2 Å². The van der Waals surface area contributed by atoms with E-state index in [-0.39, 0.29) is 12.0 Å². The van der Waals surface area contributed by atoms with Crippen LogP contribution < -0.4 is 0 Å². The van der Waals surface area contributed by atoms with E-state index in [0.717, 1.165) is 21.1 Å². The predicted octanol–water partition coefficient (Wildman–Crippen LogP) is 2.96. The maximum Gasteiger partial charge on any atom is 0.409 e. The highest BCUT2D eigenvalue weighted by atomic mass is 32.1. The molecule has 7 heteroatoms. The quantitative estimate of drug-likeness (QED) is 0.827. The lowest BCUT2D eigenvalue weighted by atomic mass is 10.2. The Labute approximate surface area is 157 Å². The first kappa shape index (κ1) is 18.4. The van der Waals surface area contributed by atoms with Crippen LogP contribution in [0.15, 0.2) is 30.3 Å². The third-order valence-electron chi connectivity index (χ3n) is 4.38. The van der Waals surface area contributed by atoms with Crippen molar-refractivity contribution in [1.29, 1.82) is 0 Å². The molecule has 26 heavy (non-hydrogen) atoms. The fourth-order valence-corrected chi connectivity index (χ4v) is 3.96. The van der Waals surface area contributed by atoms with E-state index < -0.39 is 0 Å². The minimum absolute atomic E-state index is 0.0832. The van der Waals surface area contributed by atoms with Crippen LogP contribution in [-0.4, -0.2) is 59.6 Å². The topological polar surface area (TPSA) is 62.7 Å². The van der Waals surface area contributed by atoms with Gasteiger partial charge in [-0.2, -0.15) is 0 Å². The molecule has 2 heterocycles. The Morgan fingerprint density at radius 1 is 1.12 bits per heavy atom. The van der Waals surface area contributed by atoms with E-state index in [4.69, 9.17) is 4.74 Å². The van der Waals surface area contributed by atoms with Gasteiger partial charge in [0.2, 0.25) is 5.91 Å². The molecule has 1 aromatic heterocycles. The molecule has 1 saturated heterocycles. The van der Waals surface area contributed by atoms with Gasteiger partial charge in [0.05, 0.1) is 18.7 Å². The van der Waals surface area contributed by atoms with Gasteiger partial charge in [0.1, 0.15) is 5.01 Å². The van der Waals surface area contributed by atoms with Crippen LogP contribution in [0.1, 0.15) is 17.5 Å². The van der Waals surface area contributed by atoms with Crippen molar-refractivity contribution in [3.05, 3.63) is 40.9 Å². The molecule has 0 unspecified atom stereocenters. The van der Waals surface area contributed by atoms with Crippen molar-refractivity contribution in [3.8, 4) is 10.6 Å². The monoisotopic (exact) mass is 373 g/mol. The molecule has 6 nitrogen and oxygen atoms in total. The molecule has 3 rings (SSSR count). The molecule has 0 bridgehead atoms. The summed E-state index contributed by atoms with van der Waals surface area (Å²) in [6, 6.07) is 10.0. The summed E-state index contributed by atoms with van der Waals surface area (Å²) in [4.78, 5) is 33.5. The van der Waals surface area contributed by atoms with Gasteiger partial charge in [0, 0.05) is 36.6 Å². The average Bonchev–Trinajstić information content (AvgIpc) is 3.03. The van der Waals surface area contributed by atoms with Gasteiger partial charge in [-0.15, -0.1) is 11.3 Å². The second kappa shape index (κ2) is 8.31. The van der Waals surface area contributed by atoms with Crippen LogP contribution >= 0.6 is 11.3 Å². The lowest BCUT2D eigenvalue weighted by Crippen LogP contribution is -2.51. The number of piperazine rings is 1. The van der Waals surface area contributed by atoms with Crippen LogP contribution in [-0.2, 0) is 16.0 Å². The predicted molar refractivity (Wildman–Crippen MR) is 101 cm³/mol. The summed E-state index contributed by atoms with van der Waals surface area (Å²) in [7, 11) is 0. The van der Waals surface area contributed by atoms with Crippen molar-refractivity contribution in [1.82, 2.24) is 14.8 Å². The number of thiazole rings is 1. The third-order valence-corrected chi connectivity index (χ3v) is 5.59. The summed E-state index contributed by atoms with van der Waals surface area (Å²) >= 11 is 1.57. The lowest BCUT2D eigenvalue weighted by molar-refractivity contribution is -0.132. The van der Waals surface area contributed by atoms with E-state index >= 15 is 0 Å². The van der Waals surface area contributed by atoms with E-state index in [1.165, 1.54) is 0 Å². The van der Waals surface area contributed by atoms with Crippen molar-refractivity contribution in [2.24, 2.45) is 0 Å². The number of aryl methyl sites for hydroxylation is 1. The Morgan fingerprint density at radius 2 is 1.77 bits per heavy atom. The molecule has 2 aromatic rings. The number of amides is 2. The fraction of sp³-hybridized carbons (Fsp3) is 0.421. The van der Waals surface area contributed by atoms with E-state index in [9.17, 15) is 9.59 Å². The lowest BCUT2D eigenvalue weighted by Gasteiger charge is -2.34. The summed E-state index contributed by atoms with van der Waals surface area (Å²) in [6.07, 6.45) is 0.0563. The minimum atomic E-state index is -0.301. The standard InChI is InChI=1S/C19H23N3O3S/c1-3-25-19(24)22-11-9-21(10-12-22)17(23)13-16-14(2)20-18(26-16)15-7-5-4-6-8-15/h4-8H,3,9-13H2,1-2H3. The number of benzene rings is 1. The summed E-state index contributed by atoms with van der Waals surface area (Å²) in [5.41, 5.74) is 1.98. The van der Waals surface area contributed by atoms with Crippen molar-refractivity contribution in [2.45, 2.75) is 20.3 Å². The second-order valence-corrected chi connectivity index (χ2v) is 7.22. The van der Waals surface area contributed by atoms with Gasteiger partial charge in [0.25, 0.3) is 0 Å². The SMILES string of the molecule is CCOC(=O)N1CCN(C(=O)Cc2sc(-c3ccccc3)nc2C)CC1. The van der Waals surface area contributed by atoms with Gasteiger partial charge in [-0.05, 0) is 13.8 Å². The van der Waals surface area contributed by atoms with Gasteiger partial charge in [-0.1, -0.05) is 30.3 Å². The molecule has 0 radical (unpaired) electrons. The van der Waals surface area contributed by atoms with Crippen LogP contribution in [0, 0.1) is 6.92 Å². The normalized spacial score (nSPS) is 14.4. The van der Waals surface area contributed by atoms with Crippen molar-refractivity contribution >= 4 is 23.3 Å². The van der Waals surface area contributed by atoms with E-state index in [2.05, 4.69) is 4.98 Å². The second-order valence-electron chi connectivity index (χ2n) is 6.14. The highest BCUT2D eigenvalue weighted by molar-refractivity contribution is 7.15. The number of ether oxygens (including phenoxy) is 1. The molecule has 0 N–H and O–H groups in total. The zero-order valence-corrected chi connectivity index (χ0v) is 15.9. The number of rotatable bonds is 4. The minimum Gasteiger partial charge on any atom is -0.450 e. The highest BCUT2D eigenvalue weighted by Gasteiger charge is 2.25. The molecule has 1 fully saturated rings. The van der Waals surface area contributed by atoms with Crippen molar-refractivity contribution in [2.75, 3.05) is 32.8 Å². The van der Waals surface area contributed by atoms with Crippen LogP contribution in [0.3, 0.4) is 0 Å². The Bertz CT molecular complexity index is 768. The fourth-order valence-electron chi connectivity index (χ4n) is 2.90. The van der Waals surface area contributed by atoms with Crippen molar-refractivity contribution < 1.29 is 14.3 Å². The molecule has 1 aromatic carbocycles. The highest BCUT2D eigenvalue weighted by Crippen LogP contribution is 2.28. The van der Waals surface area contributed by atoms with Gasteiger partial charge >= 0.3 is 6.09 Å². The first-order chi connectivity index (χ1) is 12.6.